The van der Waals surface area contributed by atoms with E-state index in [1.165, 1.54) is 7.11 Å². The molecular formula is C37H45NO5Si. The van der Waals surface area contributed by atoms with Gasteiger partial charge in [0, 0.05) is 29.2 Å². The molecule has 5 rings (SSSR count). The Hall–Kier alpha value is -3.84. The average molecular weight is 612 g/mol. The molecule has 232 valence electrons. The maximum atomic E-state index is 13.9. The second-order valence-corrected chi connectivity index (χ2v) is 18.3. The summed E-state index contributed by atoms with van der Waals surface area (Å²) in [5.41, 5.74) is 7.14. The number of methoxy groups -OCH3 is 2. The zero-order valence-electron chi connectivity index (χ0n) is 27.1. The van der Waals surface area contributed by atoms with Crippen molar-refractivity contribution in [1.82, 2.24) is 0 Å². The highest BCUT2D eigenvalue weighted by Gasteiger charge is 2.53. The van der Waals surface area contributed by atoms with E-state index in [0.29, 0.717) is 23.0 Å². The highest BCUT2D eigenvalue weighted by Crippen LogP contribution is 2.54. The summed E-state index contributed by atoms with van der Waals surface area (Å²) in [4.78, 5) is 26.8. The number of nitrogens with one attached hydrogen (secondary N) is 1. The number of ether oxygens (including phenoxy) is 2. The van der Waals surface area contributed by atoms with Crippen LogP contribution in [0.3, 0.4) is 0 Å². The second-order valence-electron chi connectivity index (χ2n) is 13.0. The Morgan fingerprint density at radius 3 is 2.00 bits per heavy atom. The van der Waals surface area contributed by atoms with Crippen molar-refractivity contribution in [2.24, 2.45) is 5.92 Å². The highest BCUT2D eigenvalue weighted by molar-refractivity contribution is 6.78. The first-order valence-electron chi connectivity index (χ1n) is 15.7. The van der Waals surface area contributed by atoms with Crippen molar-refractivity contribution in [1.29, 1.82) is 0 Å². The van der Waals surface area contributed by atoms with E-state index < -0.39 is 32.0 Å². The van der Waals surface area contributed by atoms with Gasteiger partial charge >= 0.3 is 5.97 Å². The van der Waals surface area contributed by atoms with Crippen LogP contribution in [0.5, 0.6) is 5.75 Å². The van der Waals surface area contributed by atoms with Crippen LogP contribution in [0.1, 0.15) is 65.0 Å². The Morgan fingerprint density at radius 1 is 0.818 bits per heavy atom. The molecule has 0 spiro atoms. The Labute approximate surface area is 262 Å². The van der Waals surface area contributed by atoms with Gasteiger partial charge in [0.15, 0.2) is 0 Å². The van der Waals surface area contributed by atoms with Gasteiger partial charge in [0.2, 0.25) is 5.78 Å². The lowest BCUT2D eigenvalue weighted by molar-refractivity contribution is -0.154. The predicted molar refractivity (Wildman–Crippen MR) is 179 cm³/mol. The van der Waals surface area contributed by atoms with Gasteiger partial charge in [0.05, 0.1) is 31.9 Å². The van der Waals surface area contributed by atoms with Gasteiger partial charge in [-0.05, 0) is 51.5 Å². The molecule has 2 aliphatic rings. The molecule has 0 unspecified atom stereocenters. The minimum Gasteiger partial charge on any atom is -0.545 e. The number of anilines is 1. The minimum atomic E-state index is -2.37. The van der Waals surface area contributed by atoms with E-state index in [-0.39, 0.29) is 5.92 Å². The number of ketones is 1. The SMILES string of the molecule is COC(=O)C(=O)[C@H]1[C@@H]2Nc3ccc(OC)cc3C2=C(O[Si](C(C)C)(C(C)C)C(C)C)C[C@@H]1c1ccc(-c2ccccc2)cc1. The molecule has 1 aliphatic carbocycles. The highest BCUT2D eigenvalue weighted by atomic mass is 28.4. The van der Waals surface area contributed by atoms with Crippen LogP contribution in [0.4, 0.5) is 5.69 Å². The number of hydrogen-bond donors (Lipinski definition) is 1. The van der Waals surface area contributed by atoms with Crippen molar-refractivity contribution in [3.05, 3.63) is 89.7 Å². The van der Waals surface area contributed by atoms with Crippen molar-refractivity contribution in [2.45, 2.75) is 76.5 Å². The molecular weight excluding hydrogens is 566 g/mol. The van der Waals surface area contributed by atoms with Gasteiger partial charge < -0.3 is 19.2 Å². The molecule has 1 heterocycles. The quantitative estimate of drug-likeness (QED) is 0.141. The van der Waals surface area contributed by atoms with Gasteiger partial charge in [-0.2, -0.15) is 0 Å². The molecule has 0 amide bonds. The van der Waals surface area contributed by atoms with Crippen molar-refractivity contribution >= 4 is 31.3 Å². The number of allylic oxidation sites excluding steroid dienone is 1. The van der Waals surface area contributed by atoms with Gasteiger partial charge in [-0.3, -0.25) is 4.79 Å². The summed E-state index contributed by atoms with van der Waals surface area (Å²) in [6.45, 7) is 13.7. The molecule has 0 bridgehead atoms. The number of hydrogen-bond acceptors (Lipinski definition) is 6. The first-order chi connectivity index (χ1) is 21.0. The Bertz CT molecular complexity index is 1520. The summed E-state index contributed by atoms with van der Waals surface area (Å²) in [6.07, 6.45) is 0.503. The molecule has 1 aliphatic heterocycles. The van der Waals surface area contributed by atoms with Crippen molar-refractivity contribution in [3.8, 4) is 16.9 Å². The molecule has 3 aromatic rings. The number of carbonyl (C=O) groups excluding carboxylic acids is 2. The smallest absolute Gasteiger partial charge is 0.374 e. The Morgan fingerprint density at radius 2 is 1.43 bits per heavy atom. The summed E-state index contributed by atoms with van der Waals surface area (Å²) < 4.78 is 18.1. The molecule has 1 N–H and O–H groups in total. The van der Waals surface area contributed by atoms with Crippen LogP contribution in [-0.2, 0) is 18.8 Å². The van der Waals surface area contributed by atoms with Crippen molar-refractivity contribution < 1.29 is 23.5 Å². The molecule has 6 nitrogen and oxygen atoms in total. The molecule has 44 heavy (non-hydrogen) atoms. The van der Waals surface area contributed by atoms with Crippen molar-refractivity contribution in [2.75, 3.05) is 19.5 Å². The number of esters is 1. The van der Waals surface area contributed by atoms with Crippen LogP contribution < -0.4 is 10.1 Å². The van der Waals surface area contributed by atoms with E-state index in [0.717, 1.165) is 45.0 Å². The molecule has 0 fully saturated rings. The lowest BCUT2D eigenvalue weighted by atomic mass is 9.70. The van der Waals surface area contributed by atoms with E-state index >= 15 is 0 Å². The molecule has 3 atom stereocenters. The standard InChI is InChI=1S/C37H45NO5Si/c1-22(2)44(23(3)4,24(5)6)43-32-21-29(27-16-14-26(15-17-27)25-12-10-9-11-13-25)34(36(39)37(40)42-8)35-33(32)30-20-28(41-7)18-19-31(30)38-35/h9-20,22-24,29,34-35,38H,21H2,1-8H3/t29-,34-,35-/m1/s1. The summed E-state index contributed by atoms with van der Waals surface area (Å²) in [5.74, 6) is -0.680. The molecule has 0 aromatic heterocycles. The van der Waals surface area contributed by atoms with Crippen LogP contribution in [0.15, 0.2) is 78.6 Å². The van der Waals surface area contributed by atoms with Crippen LogP contribution in [0.2, 0.25) is 16.6 Å². The van der Waals surface area contributed by atoms with Crippen LogP contribution in [0.25, 0.3) is 16.7 Å². The molecule has 0 saturated heterocycles. The third-order valence-electron chi connectivity index (χ3n) is 9.78. The Balaban J connectivity index is 1.70. The number of carbonyl (C=O) groups is 2. The zero-order valence-corrected chi connectivity index (χ0v) is 28.1. The monoisotopic (exact) mass is 611 g/mol. The summed E-state index contributed by atoms with van der Waals surface area (Å²) in [6, 6.07) is 24.1. The van der Waals surface area contributed by atoms with Gasteiger partial charge in [0.25, 0.3) is 8.32 Å². The van der Waals surface area contributed by atoms with E-state index in [9.17, 15) is 9.59 Å². The number of Topliss-reactive ketones (excluding diaryl/α,β-unsaturated/α-hetero) is 1. The fourth-order valence-corrected chi connectivity index (χ4v) is 13.1. The summed E-state index contributed by atoms with van der Waals surface area (Å²) >= 11 is 0. The first kappa shape index (κ1) is 31.6. The Kier molecular flexibility index (Phi) is 9.07. The third kappa shape index (κ3) is 5.47. The second kappa shape index (κ2) is 12.6. The van der Waals surface area contributed by atoms with Crippen LogP contribution >= 0.6 is 0 Å². The van der Waals surface area contributed by atoms with Gasteiger partial charge in [-0.25, -0.2) is 4.79 Å². The van der Waals surface area contributed by atoms with E-state index in [2.05, 4.69) is 83.3 Å². The molecule has 3 aromatic carbocycles. The van der Waals surface area contributed by atoms with Crippen molar-refractivity contribution in [3.63, 3.8) is 0 Å². The van der Waals surface area contributed by atoms with E-state index in [1.807, 2.05) is 36.4 Å². The van der Waals surface area contributed by atoms with Crippen LogP contribution in [0, 0.1) is 5.92 Å². The number of rotatable bonds is 10. The minimum absolute atomic E-state index is 0.294. The molecule has 0 radical (unpaired) electrons. The van der Waals surface area contributed by atoms with Gasteiger partial charge in [-0.1, -0.05) is 96.1 Å². The molecule has 0 saturated carbocycles. The summed E-state index contributed by atoms with van der Waals surface area (Å²) in [7, 11) is 0.552. The lowest BCUT2D eigenvalue weighted by Crippen LogP contribution is -2.49. The number of fused-ring (bicyclic) bond motifs is 3. The summed E-state index contributed by atoms with van der Waals surface area (Å²) in [5, 5.41) is 3.63. The normalized spacial score (nSPS) is 19.5. The predicted octanol–water partition coefficient (Wildman–Crippen LogP) is 8.61. The van der Waals surface area contributed by atoms with Gasteiger partial charge in [-0.15, -0.1) is 0 Å². The van der Waals surface area contributed by atoms with Gasteiger partial charge in [0.1, 0.15) is 5.75 Å². The lowest BCUT2D eigenvalue weighted by Gasteiger charge is -2.46. The fourth-order valence-electron chi connectivity index (χ4n) is 7.78. The largest absolute Gasteiger partial charge is 0.545 e. The first-order valence-corrected chi connectivity index (χ1v) is 17.8. The topological polar surface area (TPSA) is 73.9 Å². The maximum absolute atomic E-state index is 13.9. The maximum Gasteiger partial charge on any atom is 0.374 e. The average Bonchev–Trinajstić information content (AvgIpc) is 3.41. The zero-order chi connectivity index (χ0) is 31.8. The molecule has 7 heteroatoms. The third-order valence-corrected chi connectivity index (χ3v) is 15.8. The van der Waals surface area contributed by atoms with E-state index in [1.54, 1.807) is 7.11 Å². The number of benzene rings is 3. The van der Waals surface area contributed by atoms with Crippen LogP contribution in [-0.4, -0.2) is 40.3 Å². The van der Waals surface area contributed by atoms with E-state index in [4.69, 9.17) is 13.9 Å². The fraction of sp³-hybridized carbons (Fsp3) is 0.405.